The van der Waals surface area contributed by atoms with E-state index in [2.05, 4.69) is 5.32 Å². The highest BCUT2D eigenvalue weighted by molar-refractivity contribution is 6.06. The van der Waals surface area contributed by atoms with Crippen LogP contribution in [0, 0.1) is 0 Å². The van der Waals surface area contributed by atoms with Crippen molar-refractivity contribution >= 4 is 17.6 Å². The summed E-state index contributed by atoms with van der Waals surface area (Å²) in [5.74, 6) is -3.05. The van der Waals surface area contributed by atoms with Crippen molar-refractivity contribution in [3.63, 3.8) is 0 Å². The van der Waals surface area contributed by atoms with Crippen molar-refractivity contribution in [1.82, 2.24) is 0 Å². The minimum atomic E-state index is -1.34. The van der Waals surface area contributed by atoms with Crippen LogP contribution in [0.15, 0.2) is 36.4 Å². The number of carbonyl (C=O) groups excluding carboxylic acids is 1. The average Bonchev–Trinajstić information content (AvgIpc) is 2.40. The van der Waals surface area contributed by atoms with E-state index in [9.17, 15) is 19.8 Å². The number of aromatic hydroxyl groups is 3. The van der Waals surface area contributed by atoms with Crippen LogP contribution >= 0.6 is 0 Å². The van der Waals surface area contributed by atoms with E-state index in [1.165, 1.54) is 18.2 Å². The van der Waals surface area contributed by atoms with Gasteiger partial charge in [-0.3, -0.25) is 4.79 Å². The van der Waals surface area contributed by atoms with Crippen LogP contribution in [0.2, 0.25) is 0 Å². The zero-order valence-electron chi connectivity index (χ0n) is 10.6. The van der Waals surface area contributed by atoms with Gasteiger partial charge in [-0.15, -0.1) is 0 Å². The van der Waals surface area contributed by atoms with Crippen molar-refractivity contribution in [1.29, 1.82) is 0 Å². The van der Waals surface area contributed by atoms with E-state index in [1.807, 2.05) is 0 Å². The van der Waals surface area contributed by atoms with E-state index in [-0.39, 0.29) is 22.6 Å². The van der Waals surface area contributed by atoms with Crippen LogP contribution in [0.1, 0.15) is 20.7 Å². The highest BCUT2D eigenvalue weighted by atomic mass is 16.4. The molecule has 0 fully saturated rings. The summed E-state index contributed by atoms with van der Waals surface area (Å²) in [7, 11) is 0. The lowest BCUT2D eigenvalue weighted by atomic mass is 10.1. The summed E-state index contributed by atoms with van der Waals surface area (Å²) in [5.41, 5.74) is -0.303. The lowest BCUT2D eigenvalue weighted by Gasteiger charge is -2.08. The molecule has 5 N–H and O–H groups in total. The fourth-order valence-corrected chi connectivity index (χ4v) is 1.70. The summed E-state index contributed by atoms with van der Waals surface area (Å²) >= 11 is 0. The molecule has 0 bridgehead atoms. The summed E-state index contributed by atoms with van der Waals surface area (Å²) in [6.07, 6.45) is 0. The van der Waals surface area contributed by atoms with Gasteiger partial charge < -0.3 is 25.7 Å². The predicted octanol–water partition coefficient (Wildman–Crippen LogP) is 1.75. The average molecular weight is 289 g/mol. The number of amides is 1. The second kappa shape index (κ2) is 5.41. The number of hydrogen-bond acceptors (Lipinski definition) is 5. The SMILES string of the molecule is O=C(O)c1cc(NC(=O)c2ccc(O)cc2O)ccc1O. The zero-order valence-corrected chi connectivity index (χ0v) is 10.6. The van der Waals surface area contributed by atoms with Gasteiger partial charge in [-0.2, -0.15) is 0 Å². The molecule has 0 spiro atoms. The van der Waals surface area contributed by atoms with Gasteiger partial charge in [0.25, 0.3) is 5.91 Å². The third-order valence-electron chi connectivity index (χ3n) is 2.71. The maximum atomic E-state index is 11.9. The molecule has 2 rings (SSSR count). The molecule has 0 aliphatic rings. The number of phenols is 3. The van der Waals surface area contributed by atoms with Crippen molar-refractivity contribution in [3.8, 4) is 17.2 Å². The Labute approximate surface area is 118 Å². The lowest BCUT2D eigenvalue weighted by Crippen LogP contribution is -2.12. The Bertz CT molecular complexity index is 725. The van der Waals surface area contributed by atoms with Crippen LogP contribution in [-0.4, -0.2) is 32.3 Å². The normalized spacial score (nSPS) is 10.1. The van der Waals surface area contributed by atoms with Gasteiger partial charge >= 0.3 is 5.97 Å². The topological polar surface area (TPSA) is 127 Å². The summed E-state index contributed by atoms with van der Waals surface area (Å²) in [5, 5.41) is 39.4. The number of rotatable bonds is 3. The van der Waals surface area contributed by atoms with Gasteiger partial charge in [-0.1, -0.05) is 0 Å². The van der Waals surface area contributed by atoms with E-state index >= 15 is 0 Å². The molecule has 0 radical (unpaired) electrons. The predicted molar refractivity (Wildman–Crippen MR) is 72.8 cm³/mol. The van der Waals surface area contributed by atoms with Crippen molar-refractivity contribution < 1.29 is 30.0 Å². The van der Waals surface area contributed by atoms with Gasteiger partial charge in [0.15, 0.2) is 0 Å². The fourth-order valence-electron chi connectivity index (χ4n) is 1.70. The standard InChI is InChI=1S/C14H11NO6/c16-8-2-3-9(12(18)6-8)13(19)15-7-1-4-11(17)10(5-7)14(20)21/h1-6,16-18H,(H,15,19)(H,20,21). The first-order valence-corrected chi connectivity index (χ1v) is 5.78. The van der Waals surface area contributed by atoms with Crippen molar-refractivity contribution in [2.45, 2.75) is 0 Å². The maximum absolute atomic E-state index is 11.9. The lowest BCUT2D eigenvalue weighted by molar-refractivity contribution is 0.0693. The zero-order chi connectivity index (χ0) is 15.6. The molecule has 108 valence electrons. The number of anilines is 1. The first-order chi connectivity index (χ1) is 9.88. The van der Waals surface area contributed by atoms with E-state index in [4.69, 9.17) is 10.2 Å². The van der Waals surface area contributed by atoms with Gasteiger partial charge in [0.2, 0.25) is 0 Å². The molecule has 7 nitrogen and oxygen atoms in total. The van der Waals surface area contributed by atoms with Crippen LogP contribution in [0.3, 0.4) is 0 Å². The Morgan fingerprint density at radius 1 is 0.857 bits per heavy atom. The third kappa shape index (κ3) is 3.03. The number of hydrogen-bond donors (Lipinski definition) is 5. The Balaban J connectivity index is 2.27. The van der Waals surface area contributed by atoms with Crippen molar-refractivity contribution in [3.05, 3.63) is 47.5 Å². The molecule has 0 aliphatic carbocycles. The molecule has 1 amide bonds. The molecule has 21 heavy (non-hydrogen) atoms. The highest BCUT2D eigenvalue weighted by Gasteiger charge is 2.14. The van der Waals surface area contributed by atoms with E-state index < -0.39 is 23.4 Å². The van der Waals surface area contributed by atoms with Gasteiger partial charge in [0.05, 0.1) is 5.56 Å². The van der Waals surface area contributed by atoms with Crippen LogP contribution in [0.25, 0.3) is 0 Å². The molecule has 0 atom stereocenters. The van der Waals surface area contributed by atoms with Crippen molar-refractivity contribution in [2.75, 3.05) is 5.32 Å². The number of carboxylic acid groups (broad SMARTS) is 1. The largest absolute Gasteiger partial charge is 0.508 e. The summed E-state index contributed by atoms with van der Waals surface area (Å²) in [6, 6.07) is 7.00. The Hall–Kier alpha value is -3.22. The van der Waals surface area contributed by atoms with Crippen LogP contribution in [0.5, 0.6) is 17.2 Å². The Morgan fingerprint density at radius 2 is 1.57 bits per heavy atom. The quantitative estimate of drug-likeness (QED) is 0.548. The van der Waals surface area contributed by atoms with Gasteiger partial charge in [0, 0.05) is 11.8 Å². The fraction of sp³-hybridized carbons (Fsp3) is 0. The van der Waals surface area contributed by atoms with E-state index in [0.717, 1.165) is 18.2 Å². The number of benzene rings is 2. The summed E-state index contributed by atoms with van der Waals surface area (Å²) < 4.78 is 0. The third-order valence-corrected chi connectivity index (χ3v) is 2.71. The van der Waals surface area contributed by atoms with Gasteiger partial charge in [-0.05, 0) is 30.3 Å². The molecule has 0 saturated carbocycles. The Morgan fingerprint density at radius 3 is 2.19 bits per heavy atom. The monoisotopic (exact) mass is 289 g/mol. The Kier molecular flexibility index (Phi) is 3.66. The smallest absolute Gasteiger partial charge is 0.339 e. The molecular weight excluding hydrogens is 278 g/mol. The second-order valence-corrected chi connectivity index (χ2v) is 4.19. The molecular formula is C14H11NO6. The van der Waals surface area contributed by atoms with Crippen LogP contribution in [-0.2, 0) is 0 Å². The van der Waals surface area contributed by atoms with Crippen LogP contribution in [0.4, 0.5) is 5.69 Å². The minimum Gasteiger partial charge on any atom is -0.508 e. The van der Waals surface area contributed by atoms with Gasteiger partial charge in [0.1, 0.15) is 22.8 Å². The summed E-state index contributed by atoms with van der Waals surface area (Å²) in [4.78, 5) is 22.8. The summed E-state index contributed by atoms with van der Waals surface area (Å²) in [6.45, 7) is 0. The molecule has 0 aromatic heterocycles. The van der Waals surface area contributed by atoms with Gasteiger partial charge in [-0.25, -0.2) is 4.79 Å². The minimum absolute atomic E-state index is 0.0854. The second-order valence-electron chi connectivity index (χ2n) is 4.19. The first kappa shape index (κ1) is 14.2. The van der Waals surface area contributed by atoms with Crippen LogP contribution < -0.4 is 5.32 Å². The maximum Gasteiger partial charge on any atom is 0.339 e. The first-order valence-electron chi connectivity index (χ1n) is 5.78. The number of phenolic OH excluding ortho intramolecular Hbond substituents is 2. The molecule has 0 aliphatic heterocycles. The molecule has 2 aromatic carbocycles. The molecule has 7 heteroatoms. The van der Waals surface area contributed by atoms with Crippen molar-refractivity contribution in [2.24, 2.45) is 0 Å². The highest BCUT2D eigenvalue weighted by Crippen LogP contribution is 2.25. The number of carbonyl (C=O) groups is 2. The number of carboxylic acids is 1. The molecule has 0 heterocycles. The molecule has 2 aromatic rings. The number of nitrogens with one attached hydrogen (secondary N) is 1. The molecule has 0 saturated heterocycles. The van der Waals surface area contributed by atoms with E-state index in [1.54, 1.807) is 0 Å². The molecule has 0 unspecified atom stereocenters. The van der Waals surface area contributed by atoms with E-state index in [0.29, 0.717) is 0 Å². The number of aromatic carboxylic acids is 1.